The zero-order chi connectivity index (χ0) is 42.4. The Kier molecular flexibility index (Phi) is 15.4. The van der Waals surface area contributed by atoms with Crippen LogP contribution in [0.5, 0.6) is 5.75 Å². The molecule has 0 saturated heterocycles. The maximum atomic E-state index is 13.7. The van der Waals surface area contributed by atoms with Gasteiger partial charge < -0.3 is 33.4 Å². The predicted molar refractivity (Wildman–Crippen MR) is 215 cm³/mol. The third-order valence-corrected chi connectivity index (χ3v) is 12.7. The number of rotatable bonds is 10. The Labute approximate surface area is 330 Å². The molecule has 14 nitrogen and oxygen atoms in total. The number of amides is 3. The Morgan fingerprint density at radius 2 is 1.33 bits per heavy atom. The van der Waals surface area contributed by atoms with Gasteiger partial charge in [-0.1, -0.05) is 32.9 Å². The van der Waals surface area contributed by atoms with Crippen molar-refractivity contribution in [1.29, 1.82) is 0 Å². The molecule has 1 aliphatic rings. The van der Waals surface area contributed by atoms with E-state index >= 15 is 0 Å². The van der Waals surface area contributed by atoms with Gasteiger partial charge in [0.1, 0.15) is 34.8 Å². The number of guanidine groups is 1. The number of alkyl carbamates (subject to hydrolysis) is 1. The highest BCUT2D eigenvalue weighted by atomic mass is 28.4. The number of esters is 1. The number of nitrogens with one attached hydrogen (secondary N) is 1. The second-order valence-corrected chi connectivity index (χ2v) is 24.0. The van der Waals surface area contributed by atoms with E-state index in [1.54, 1.807) is 74.4 Å². The molecule has 1 aliphatic heterocycles. The molecule has 1 aromatic carbocycles. The fourth-order valence-electron chi connectivity index (χ4n) is 4.78. The van der Waals surface area contributed by atoms with Crippen LogP contribution in [0.4, 0.5) is 14.4 Å². The topological polar surface area (TPSA) is 155 Å². The molecule has 3 amide bonds. The standard InChI is InChI=1S/C40H68N4O10Si/c1-36(2,3)50-31(45)30(54-55(16,17)40(13,14)15)26-49-29-20-18-27(19-21-29)28-24-42-32(44(25-28)35(48)53-39(10,11)12)43(34(47)52-38(7,8)9)23-22-41-33(46)51-37(4,5)6/h18-21,28,30H,22-26H2,1-17H3,(H,41,46). The predicted octanol–water partition coefficient (Wildman–Crippen LogP) is 8.25. The molecule has 0 saturated carbocycles. The summed E-state index contributed by atoms with van der Waals surface area (Å²) in [5.74, 6) is -0.190. The molecule has 1 N–H and O–H groups in total. The van der Waals surface area contributed by atoms with Crippen molar-refractivity contribution in [1.82, 2.24) is 15.1 Å². The van der Waals surface area contributed by atoms with Gasteiger partial charge in [0, 0.05) is 25.6 Å². The van der Waals surface area contributed by atoms with E-state index in [2.05, 4.69) is 39.2 Å². The molecule has 0 fully saturated rings. The lowest BCUT2D eigenvalue weighted by molar-refractivity contribution is -0.165. The van der Waals surface area contributed by atoms with Crippen LogP contribution in [-0.2, 0) is 28.2 Å². The largest absolute Gasteiger partial charge is 0.490 e. The van der Waals surface area contributed by atoms with E-state index in [4.69, 9.17) is 33.1 Å². The lowest BCUT2D eigenvalue weighted by atomic mass is 9.97. The zero-order valence-corrected chi connectivity index (χ0v) is 37.4. The van der Waals surface area contributed by atoms with Crippen molar-refractivity contribution < 1.29 is 47.3 Å². The molecule has 0 aliphatic carbocycles. The molecule has 0 spiro atoms. The van der Waals surface area contributed by atoms with Crippen molar-refractivity contribution in [2.45, 2.75) is 156 Å². The SMILES string of the molecule is CC(C)(C)OC(=O)NCCN(C(=O)OC(C)(C)C)C1=NCC(c2ccc(OCC(O[Si](C)(C)C(C)(C)C)C(=O)OC(C)(C)C)cc2)CN1C(=O)OC(C)(C)C. The summed E-state index contributed by atoms with van der Waals surface area (Å²) in [6.45, 7) is 31.9. The quantitative estimate of drug-likeness (QED) is 0.139. The molecule has 2 unspecified atom stereocenters. The van der Waals surface area contributed by atoms with Gasteiger partial charge in [0.2, 0.25) is 5.96 Å². The Bertz CT molecular complexity index is 1510. The minimum Gasteiger partial charge on any atom is -0.490 e. The number of carbonyl (C=O) groups is 4. The molecular formula is C40H68N4O10Si. The summed E-state index contributed by atoms with van der Waals surface area (Å²) in [7, 11) is -2.35. The zero-order valence-electron chi connectivity index (χ0n) is 36.4. The molecular weight excluding hydrogens is 725 g/mol. The van der Waals surface area contributed by atoms with Crippen molar-refractivity contribution in [3.05, 3.63) is 29.8 Å². The van der Waals surface area contributed by atoms with Crippen LogP contribution < -0.4 is 10.1 Å². The molecule has 2 atom stereocenters. The van der Waals surface area contributed by atoms with Crippen molar-refractivity contribution >= 4 is 38.5 Å². The van der Waals surface area contributed by atoms with Crippen molar-refractivity contribution in [2.24, 2.45) is 4.99 Å². The minimum absolute atomic E-state index is 0.00403. The summed E-state index contributed by atoms with van der Waals surface area (Å²) >= 11 is 0. The highest BCUT2D eigenvalue weighted by Crippen LogP contribution is 2.38. The maximum Gasteiger partial charge on any atom is 0.417 e. The Morgan fingerprint density at radius 3 is 1.82 bits per heavy atom. The van der Waals surface area contributed by atoms with Crippen LogP contribution in [0, 0.1) is 0 Å². The van der Waals surface area contributed by atoms with Crippen LogP contribution >= 0.6 is 0 Å². The first-order chi connectivity index (χ1) is 24.8. The maximum absolute atomic E-state index is 13.7. The first kappa shape index (κ1) is 47.3. The van der Waals surface area contributed by atoms with E-state index < -0.39 is 61.1 Å². The minimum atomic E-state index is -2.35. The van der Waals surface area contributed by atoms with Gasteiger partial charge in [0.25, 0.3) is 0 Å². The number of hydrogen-bond donors (Lipinski definition) is 1. The summed E-state index contributed by atoms with van der Waals surface area (Å²) in [5, 5.41) is 2.52. The highest BCUT2D eigenvalue weighted by molar-refractivity contribution is 6.74. The smallest absolute Gasteiger partial charge is 0.417 e. The average molecular weight is 793 g/mol. The van der Waals surface area contributed by atoms with Crippen molar-refractivity contribution in [2.75, 3.05) is 32.8 Å². The van der Waals surface area contributed by atoms with E-state index in [9.17, 15) is 19.2 Å². The van der Waals surface area contributed by atoms with Crippen LogP contribution in [0.15, 0.2) is 29.3 Å². The number of benzene rings is 1. The third-order valence-electron chi connectivity index (χ3n) is 8.24. The van der Waals surface area contributed by atoms with E-state index in [0.29, 0.717) is 5.75 Å². The fourth-order valence-corrected chi connectivity index (χ4v) is 6.01. The van der Waals surface area contributed by atoms with Gasteiger partial charge in [-0.15, -0.1) is 0 Å². The molecule has 1 heterocycles. The number of nitrogens with zero attached hydrogens (tertiary/aromatic N) is 3. The summed E-state index contributed by atoms with van der Waals surface area (Å²) in [6, 6.07) is 7.34. The third kappa shape index (κ3) is 16.4. The molecule has 0 bridgehead atoms. The van der Waals surface area contributed by atoms with E-state index in [1.807, 2.05) is 32.9 Å². The lowest BCUT2D eigenvalue weighted by Crippen LogP contribution is -2.56. The Balaban J connectivity index is 2.39. The Hall–Kier alpha value is -3.85. The van der Waals surface area contributed by atoms with Gasteiger partial charge in [0.15, 0.2) is 14.4 Å². The first-order valence-corrected chi connectivity index (χ1v) is 21.8. The monoisotopic (exact) mass is 792 g/mol. The van der Waals surface area contributed by atoms with Gasteiger partial charge in [-0.3, -0.25) is 4.99 Å². The molecule has 312 valence electrons. The van der Waals surface area contributed by atoms with Crippen molar-refractivity contribution in [3.63, 3.8) is 0 Å². The Morgan fingerprint density at radius 1 is 0.800 bits per heavy atom. The summed E-state index contributed by atoms with van der Waals surface area (Å²) in [4.78, 5) is 60.3. The van der Waals surface area contributed by atoms with Gasteiger partial charge >= 0.3 is 24.2 Å². The van der Waals surface area contributed by atoms with E-state index in [1.165, 1.54) is 9.80 Å². The van der Waals surface area contributed by atoms with Gasteiger partial charge in [-0.25, -0.2) is 29.0 Å². The molecule has 0 aromatic heterocycles. The van der Waals surface area contributed by atoms with Crippen LogP contribution in [0.2, 0.25) is 18.1 Å². The van der Waals surface area contributed by atoms with E-state index in [-0.39, 0.29) is 49.7 Å². The number of aliphatic imine (C=N–C) groups is 1. The molecule has 0 radical (unpaired) electrons. The van der Waals surface area contributed by atoms with Gasteiger partial charge in [-0.2, -0.15) is 0 Å². The molecule has 1 aromatic rings. The van der Waals surface area contributed by atoms with E-state index in [0.717, 1.165) is 5.56 Å². The summed E-state index contributed by atoms with van der Waals surface area (Å²) < 4.78 is 35.1. The van der Waals surface area contributed by atoms with Crippen molar-refractivity contribution in [3.8, 4) is 5.75 Å². The highest BCUT2D eigenvalue weighted by Gasteiger charge is 2.42. The molecule has 2 rings (SSSR count). The number of ether oxygens (including phenoxy) is 5. The summed E-state index contributed by atoms with van der Waals surface area (Å²) in [5.41, 5.74) is -2.23. The second kappa shape index (κ2) is 17.9. The normalized spacial score (nSPS) is 16.3. The number of hydrogen-bond acceptors (Lipinski definition) is 11. The van der Waals surface area contributed by atoms with Crippen LogP contribution in [0.1, 0.15) is 115 Å². The number of carbonyl (C=O) groups excluding carboxylic acids is 4. The lowest BCUT2D eigenvalue weighted by Gasteiger charge is -2.39. The van der Waals surface area contributed by atoms with Crippen LogP contribution in [0.25, 0.3) is 0 Å². The van der Waals surface area contributed by atoms with Crippen LogP contribution in [-0.4, -0.2) is 110 Å². The molecule has 15 heteroatoms. The average Bonchev–Trinajstić information content (AvgIpc) is 2.97. The van der Waals surface area contributed by atoms with Gasteiger partial charge in [-0.05, 0) is 119 Å². The van der Waals surface area contributed by atoms with Crippen LogP contribution in [0.3, 0.4) is 0 Å². The molecule has 55 heavy (non-hydrogen) atoms. The summed E-state index contributed by atoms with van der Waals surface area (Å²) in [6.07, 6.45) is -3.00. The first-order valence-electron chi connectivity index (χ1n) is 18.9. The van der Waals surface area contributed by atoms with Gasteiger partial charge in [0.05, 0.1) is 6.54 Å². The fraction of sp³-hybridized carbons (Fsp3) is 0.725. The second-order valence-electron chi connectivity index (χ2n) is 19.3.